The lowest BCUT2D eigenvalue weighted by atomic mass is 9.89. The minimum absolute atomic E-state index is 0.0769. The molecule has 1 aliphatic rings. The van der Waals surface area contributed by atoms with Gasteiger partial charge in [0.2, 0.25) is 0 Å². The van der Waals surface area contributed by atoms with Gasteiger partial charge in [-0.3, -0.25) is 10.2 Å². The Hall–Kier alpha value is -3.86. The molecular weight excluding hydrogens is 490 g/mol. The van der Waals surface area contributed by atoms with Crippen LogP contribution in [0.5, 0.6) is 5.75 Å². The molecule has 2 aromatic carbocycles. The number of ether oxygens (including phenoxy) is 1. The van der Waals surface area contributed by atoms with Crippen molar-refractivity contribution in [2.24, 2.45) is 0 Å². The average molecular weight is 515 g/mol. The molecule has 0 radical (unpaired) electrons. The van der Waals surface area contributed by atoms with Gasteiger partial charge in [-0.1, -0.05) is 18.2 Å². The second kappa shape index (κ2) is 8.98. The van der Waals surface area contributed by atoms with Crippen molar-refractivity contribution in [2.75, 3.05) is 18.2 Å². The minimum Gasteiger partial charge on any atom is -0.495 e. The number of carbonyl (C=O) groups excluding carboxylic acids is 1. The summed E-state index contributed by atoms with van der Waals surface area (Å²) < 4.78 is 59.6. The van der Waals surface area contributed by atoms with Crippen LogP contribution in [0, 0.1) is 17.0 Å². The van der Waals surface area contributed by atoms with Crippen LogP contribution in [0.25, 0.3) is 0 Å². The van der Waals surface area contributed by atoms with E-state index in [-0.39, 0.29) is 22.5 Å². The van der Waals surface area contributed by atoms with Gasteiger partial charge in [0.05, 0.1) is 24.6 Å². The van der Waals surface area contributed by atoms with Crippen molar-refractivity contribution in [3.8, 4) is 5.75 Å². The number of benzene rings is 2. The van der Waals surface area contributed by atoms with E-state index in [0.29, 0.717) is 5.75 Å². The summed E-state index contributed by atoms with van der Waals surface area (Å²) in [5, 5.41) is 14.0. The Kier molecular flexibility index (Phi) is 6.29. The van der Waals surface area contributed by atoms with E-state index in [1.54, 1.807) is 6.07 Å². The zero-order chi connectivity index (χ0) is 26.3. The molecule has 2 atom stereocenters. The molecule has 1 aliphatic heterocycles. The van der Waals surface area contributed by atoms with Gasteiger partial charge in [0.1, 0.15) is 28.9 Å². The summed E-state index contributed by atoms with van der Waals surface area (Å²) in [5.74, 6) is -2.70. The van der Waals surface area contributed by atoms with Crippen molar-refractivity contribution >= 4 is 27.3 Å². The van der Waals surface area contributed by atoms with E-state index >= 15 is 0 Å². The van der Waals surface area contributed by atoms with Crippen LogP contribution in [0.1, 0.15) is 35.5 Å². The van der Waals surface area contributed by atoms with Gasteiger partial charge in [-0.25, -0.2) is 22.2 Å². The predicted molar refractivity (Wildman–Crippen MR) is 131 cm³/mol. The first-order valence-electron chi connectivity index (χ1n) is 10.9. The fourth-order valence-electron chi connectivity index (χ4n) is 4.26. The lowest BCUT2D eigenvalue weighted by Gasteiger charge is -2.45. The maximum absolute atomic E-state index is 15.0. The van der Waals surface area contributed by atoms with E-state index in [0.717, 1.165) is 12.1 Å². The maximum atomic E-state index is 15.0. The molecule has 8 nitrogen and oxygen atoms in total. The Morgan fingerprint density at radius 1 is 1.08 bits per heavy atom. The van der Waals surface area contributed by atoms with Crippen LogP contribution in [0.15, 0.2) is 60.8 Å². The molecule has 0 spiro atoms. The molecule has 2 heterocycles. The Bertz CT molecular complexity index is 1460. The molecule has 36 heavy (non-hydrogen) atoms. The number of halogens is 2. The molecule has 1 fully saturated rings. The Morgan fingerprint density at radius 2 is 1.78 bits per heavy atom. The van der Waals surface area contributed by atoms with Gasteiger partial charge in [0, 0.05) is 16.8 Å². The van der Waals surface area contributed by atoms with E-state index in [1.807, 2.05) is 0 Å². The molecule has 1 amide bonds. The third-order valence-corrected chi connectivity index (χ3v) is 9.02. The molecule has 11 heteroatoms. The molecule has 3 N–H and O–H groups in total. The van der Waals surface area contributed by atoms with Crippen LogP contribution in [0.3, 0.4) is 0 Å². The van der Waals surface area contributed by atoms with E-state index in [2.05, 4.69) is 15.6 Å². The number of aromatic nitrogens is 1. The highest BCUT2D eigenvalue weighted by atomic mass is 32.2. The number of amidine groups is 1. The second-order valence-corrected chi connectivity index (χ2v) is 11.2. The number of nitrogens with zero attached hydrogens (tertiary/aromatic N) is 1. The number of anilines is 1. The first-order valence-corrected chi connectivity index (χ1v) is 12.5. The van der Waals surface area contributed by atoms with E-state index in [1.165, 1.54) is 63.6 Å². The van der Waals surface area contributed by atoms with Crippen LogP contribution >= 0.6 is 0 Å². The monoisotopic (exact) mass is 514 g/mol. The number of hydrogen-bond acceptors (Lipinski definition) is 6. The summed E-state index contributed by atoms with van der Waals surface area (Å²) in [7, 11) is -2.74. The van der Waals surface area contributed by atoms with Gasteiger partial charge in [0.25, 0.3) is 5.91 Å². The summed E-state index contributed by atoms with van der Waals surface area (Å²) in [6.45, 7) is 2.69. The molecule has 4 rings (SSSR count). The number of sulfone groups is 1. The fourth-order valence-corrected chi connectivity index (χ4v) is 6.40. The first-order chi connectivity index (χ1) is 16.9. The quantitative estimate of drug-likeness (QED) is 0.477. The smallest absolute Gasteiger partial charge is 0.274 e. The van der Waals surface area contributed by atoms with Crippen molar-refractivity contribution in [1.82, 2.24) is 10.3 Å². The summed E-state index contributed by atoms with van der Waals surface area (Å²) in [4.78, 5) is 16.6. The molecule has 188 valence electrons. The van der Waals surface area contributed by atoms with Crippen molar-refractivity contribution in [1.29, 1.82) is 5.41 Å². The molecule has 1 saturated heterocycles. The van der Waals surface area contributed by atoms with Crippen LogP contribution in [0.4, 0.5) is 14.5 Å². The maximum Gasteiger partial charge on any atom is 0.274 e. The van der Waals surface area contributed by atoms with Gasteiger partial charge in [0.15, 0.2) is 14.6 Å². The molecular formula is C25H24F2N4O4S. The van der Waals surface area contributed by atoms with E-state index < -0.39 is 49.3 Å². The number of carbonyl (C=O) groups is 1. The Morgan fingerprint density at radius 3 is 2.39 bits per heavy atom. The summed E-state index contributed by atoms with van der Waals surface area (Å²) in [6, 6.07) is 12.1. The molecule has 1 aromatic heterocycles. The lowest BCUT2D eigenvalue weighted by molar-refractivity contribution is 0.102. The van der Waals surface area contributed by atoms with Crippen molar-refractivity contribution in [2.45, 2.75) is 24.1 Å². The third kappa shape index (κ3) is 4.19. The standard InChI is InChI=1S/C25H24F2N4O4S/c1-24(14-36(33,34)25(2,23(28)31-24)17-6-4-5-7-19(17)26)18-12-15(8-10-20(18)27)30-22(32)21-11-9-16(35-3)13-29-21/h4-13H,14H2,1-3H3,(H2,28,31)(H,30,32)/t24-,25-/m0/s1. The fraction of sp³-hybridized carbons (Fsp3) is 0.240. The SMILES string of the molecule is COc1ccc(C(=O)Nc2ccc(F)c([C@]3(C)CS(=O)(=O)[C@@](C)(c4ccccc4F)C(=N)N3)c2)nc1. The average Bonchev–Trinajstić information content (AvgIpc) is 2.83. The number of rotatable bonds is 5. The topological polar surface area (TPSA) is 121 Å². The van der Waals surface area contributed by atoms with Crippen LogP contribution in [-0.2, 0) is 20.1 Å². The van der Waals surface area contributed by atoms with Gasteiger partial charge in [-0.05, 0) is 50.2 Å². The number of methoxy groups -OCH3 is 1. The molecule has 0 aliphatic carbocycles. The third-order valence-electron chi connectivity index (χ3n) is 6.39. The summed E-state index contributed by atoms with van der Waals surface area (Å²) in [6.07, 6.45) is 1.38. The van der Waals surface area contributed by atoms with Crippen molar-refractivity contribution < 1.29 is 26.7 Å². The van der Waals surface area contributed by atoms with Crippen LogP contribution in [0.2, 0.25) is 0 Å². The highest BCUT2D eigenvalue weighted by Gasteiger charge is 2.55. The first kappa shape index (κ1) is 25.2. The van der Waals surface area contributed by atoms with Gasteiger partial charge >= 0.3 is 0 Å². The van der Waals surface area contributed by atoms with E-state index in [9.17, 15) is 22.0 Å². The normalized spacial score (nSPS) is 23.0. The van der Waals surface area contributed by atoms with Crippen LogP contribution < -0.4 is 15.4 Å². The zero-order valence-corrected chi connectivity index (χ0v) is 20.5. The molecule has 3 aromatic rings. The molecule has 0 unspecified atom stereocenters. The zero-order valence-electron chi connectivity index (χ0n) is 19.7. The number of nitrogens with one attached hydrogen (secondary N) is 3. The van der Waals surface area contributed by atoms with Gasteiger partial charge in [-0.2, -0.15) is 0 Å². The van der Waals surface area contributed by atoms with Crippen molar-refractivity contribution in [3.63, 3.8) is 0 Å². The van der Waals surface area contributed by atoms with Gasteiger partial charge < -0.3 is 15.4 Å². The van der Waals surface area contributed by atoms with Gasteiger partial charge in [-0.15, -0.1) is 0 Å². The predicted octanol–water partition coefficient (Wildman–Crippen LogP) is 3.75. The summed E-state index contributed by atoms with van der Waals surface area (Å²) in [5.41, 5.74) is -1.52. The number of pyridine rings is 1. The Balaban J connectivity index is 1.67. The summed E-state index contributed by atoms with van der Waals surface area (Å²) >= 11 is 0. The number of amides is 1. The number of hydrogen-bond donors (Lipinski definition) is 3. The highest BCUT2D eigenvalue weighted by molar-refractivity contribution is 7.93. The Labute approximate surface area is 207 Å². The minimum atomic E-state index is -4.21. The largest absolute Gasteiger partial charge is 0.495 e. The van der Waals surface area contributed by atoms with Crippen molar-refractivity contribution in [3.05, 3.63) is 89.2 Å². The highest BCUT2D eigenvalue weighted by Crippen LogP contribution is 2.42. The molecule has 0 saturated carbocycles. The lowest BCUT2D eigenvalue weighted by Crippen LogP contribution is -2.63. The second-order valence-electron chi connectivity index (χ2n) is 8.84. The molecule has 0 bridgehead atoms. The van der Waals surface area contributed by atoms with E-state index in [4.69, 9.17) is 10.1 Å². The van der Waals surface area contributed by atoms with Crippen LogP contribution in [-0.4, -0.2) is 38.0 Å².